The van der Waals surface area contributed by atoms with Crippen molar-refractivity contribution >= 4 is 15.9 Å². The molecule has 1 N–H and O–H groups in total. The van der Waals surface area contributed by atoms with Crippen LogP contribution in [0.5, 0.6) is 0 Å². The zero-order valence-corrected chi connectivity index (χ0v) is 20.4. The number of hydrogen-bond acceptors (Lipinski definition) is 6. The molecule has 2 heterocycles. The largest absolute Gasteiger partial charge is 0.379 e. The van der Waals surface area contributed by atoms with E-state index in [1.165, 1.54) is 43.0 Å². The molecule has 4 rings (SSSR count). The molecule has 2 saturated heterocycles. The van der Waals surface area contributed by atoms with Crippen LogP contribution >= 0.6 is 0 Å². The van der Waals surface area contributed by atoms with Crippen molar-refractivity contribution < 1.29 is 17.9 Å². The number of nitrogens with zero attached hydrogens (tertiary/aromatic N) is 3. The number of amides is 1. The minimum absolute atomic E-state index is 0.0146. The van der Waals surface area contributed by atoms with Gasteiger partial charge in [0.25, 0.3) is 0 Å². The zero-order valence-electron chi connectivity index (χ0n) is 19.6. The van der Waals surface area contributed by atoms with E-state index in [0.29, 0.717) is 39.4 Å². The lowest BCUT2D eigenvalue weighted by atomic mass is 9.89. The van der Waals surface area contributed by atoms with Crippen LogP contribution in [0.1, 0.15) is 37.7 Å². The SMILES string of the molecule is O=C(CN1CCN(CC2CCCCC2)CC1)NCc1ccc(S(=O)(=O)N2CCOCC2)cc1. The maximum atomic E-state index is 12.7. The number of carbonyl (C=O) groups is 1. The van der Waals surface area contributed by atoms with Gasteiger partial charge >= 0.3 is 0 Å². The minimum Gasteiger partial charge on any atom is -0.379 e. The highest BCUT2D eigenvalue weighted by Gasteiger charge is 2.26. The molecular formula is C24H38N4O4S. The Hall–Kier alpha value is -1.52. The van der Waals surface area contributed by atoms with Crippen LogP contribution in [0.15, 0.2) is 29.2 Å². The van der Waals surface area contributed by atoms with Crippen molar-refractivity contribution in [1.82, 2.24) is 19.4 Å². The first-order chi connectivity index (χ1) is 16.0. The topological polar surface area (TPSA) is 82.2 Å². The molecular weight excluding hydrogens is 440 g/mol. The van der Waals surface area contributed by atoms with Crippen LogP contribution in [-0.2, 0) is 26.1 Å². The molecule has 1 aromatic rings. The second-order valence-electron chi connectivity index (χ2n) is 9.52. The molecule has 1 aromatic carbocycles. The number of ether oxygens (including phenoxy) is 1. The van der Waals surface area contributed by atoms with E-state index >= 15 is 0 Å². The predicted molar refractivity (Wildman–Crippen MR) is 127 cm³/mol. The Bertz CT molecular complexity index is 857. The minimum atomic E-state index is -3.49. The number of hydrogen-bond donors (Lipinski definition) is 1. The Labute approximate surface area is 198 Å². The van der Waals surface area contributed by atoms with Gasteiger partial charge in [-0.1, -0.05) is 31.4 Å². The van der Waals surface area contributed by atoms with E-state index in [0.717, 1.165) is 37.7 Å². The quantitative estimate of drug-likeness (QED) is 0.610. The molecule has 0 atom stereocenters. The highest BCUT2D eigenvalue weighted by Crippen LogP contribution is 2.24. The van der Waals surface area contributed by atoms with Crippen molar-refractivity contribution in [3.8, 4) is 0 Å². The number of benzene rings is 1. The second kappa shape index (κ2) is 11.8. The Kier molecular flexibility index (Phi) is 8.76. The number of piperazine rings is 1. The van der Waals surface area contributed by atoms with Crippen LogP contribution in [-0.4, -0.2) is 94.0 Å². The van der Waals surface area contributed by atoms with Gasteiger partial charge in [0.1, 0.15) is 0 Å². The summed E-state index contributed by atoms with van der Waals surface area (Å²) >= 11 is 0. The summed E-state index contributed by atoms with van der Waals surface area (Å²) in [5.74, 6) is 0.879. The van der Waals surface area contributed by atoms with Crippen LogP contribution in [0.3, 0.4) is 0 Å². The molecule has 0 aromatic heterocycles. The third kappa shape index (κ3) is 6.99. The van der Waals surface area contributed by atoms with Gasteiger partial charge in [-0.05, 0) is 36.5 Å². The molecule has 1 aliphatic carbocycles. The van der Waals surface area contributed by atoms with Gasteiger partial charge < -0.3 is 15.0 Å². The smallest absolute Gasteiger partial charge is 0.243 e. The van der Waals surface area contributed by atoms with E-state index < -0.39 is 10.0 Å². The van der Waals surface area contributed by atoms with Gasteiger partial charge in [-0.25, -0.2) is 8.42 Å². The molecule has 3 aliphatic rings. The second-order valence-corrected chi connectivity index (χ2v) is 11.5. The van der Waals surface area contributed by atoms with Gasteiger partial charge in [0.15, 0.2) is 0 Å². The molecule has 8 nitrogen and oxygen atoms in total. The number of rotatable bonds is 8. The molecule has 3 fully saturated rings. The Balaban J connectivity index is 1.17. The molecule has 2 aliphatic heterocycles. The molecule has 0 radical (unpaired) electrons. The number of sulfonamides is 1. The third-order valence-electron chi connectivity index (χ3n) is 7.09. The number of nitrogens with one attached hydrogen (secondary N) is 1. The summed E-state index contributed by atoms with van der Waals surface area (Å²) in [7, 11) is -3.49. The van der Waals surface area contributed by atoms with Crippen molar-refractivity contribution in [3.63, 3.8) is 0 Å². The molecule has 0 bridgehead atoms. The van der Waals surface area contributed by atoms with Crippen LogP contribution in [0.2, 0.25) is 0 Å². The van der Waals surface area contributed by atoms with Crippen molar-refractivity contribution in [3.05, 3.63) is 29.8 Å². The summed E-state index contributed by atoms with van der Waals surface area (Å²) in [4.78, 5) is 17.5. The van der Waals surface area contributed by atoms with Gasteiger partial charge in [0.2, 0.25) is 15.9 Å². The highest BCUT2D eigenvalue weighted by atomic mass is 32.2. The summed E-state index contributed by atoms with van der Waals surface area (Å²) in [6.07, 6.45) is 6.93. The molecule has 1 amide bonds. The molecule has 0 unspecified atom stereocenters. The Morgan fingerprint density at radius 2 is 1.55 bits per heavy atom. The predicted octanol–water partition coefficient (Wildman–Crippen LogP) is 1.52. The molecule has 9 heteroatoms. The van der Waals surface area contributed by atoms with Crippen LogP contribution in [0.25, 0.3) is 0 Å². The zero-order chi connectivity index (χ0) is 23.1. The maximum Gasteiger partial charge on any atom is 0.243 e. The van der Waals surface area contributed by atoms with Gasteiger partial charge in [-0.3, -0.25) is 9.69 Å². The standard InChI is InChI=1S/C24H38N4O4S/c29-24(20-27-12-10-26(11-13-27)19-22-4-2-1-3-5-22)25-18-21-6-8-23(9-7-21)33(30,31)28-14-16-32-17-15-28/h6-9,22H,1-5,10-20H2,(H,25,29). The van der Waals surface area contributed by atoms with E-state index in [2.05, 4.69) is 15.1 Å². The highest BCUT2D eigenvalue weighted by molar-refractivity contribution is 7.89. The first-order valence-electron chi connectivity index (χ1n) is 12.4. The van der Waals surface area contributed by atoms with Crippen molar-refractivity contribution in [2.24, 2.45) is 5.92 Å². The first-order valence-corrected chi connectivity index (χ1v) is 13.8. The summed E-state index contributed by atoms with van der Waals surface area (Å²) in [6, 6.07) is 6.80. The Morgan fingerprint density at radius 3 is 2.21 bits per heavy atom. The molecule has 1 saturated carbocycles. The lowest BCUT2D eigenvalue weighted by Gasteiger charge is -2.37. The first kappa shape index (κ1) is 24.6. The average molecular weight is 479 g/mol. The van der Waals surface area contributed by atoms with Crippen LogP contribution in [0, 0.1) is 5.92 Å². The summed E-state index contributed by atoms with van der Waals surface area (Å²) in [5, 5.41) is 2.97. The summed E-state index contributed by atoms with van der Waals surface area (Å²) in [6.45, 7) is 7.63. The van der Waals surface area contributed by atoms with Gasteiger partial charge in [0, 0.05) is 52.4 Å². The molecule has 0 spiro atoms. The lowest BCUT2D eigenvalue weighted by Crippen LogP contribution is -2.50. The van der Waals surface area contributed by atoms with Crippen LogP contribution < -0.4 is 5.32 Å². The van der Waals surface area contributed by atoms with Crippen molar-refractivity contribution in [2.75, 3.05) is 65.6 Å². The third-order valence-corrected chi connectivity index (χ3v) is 9.01. The lowest BCUT2D eigenvalue weighted by molar-refractivity contribution is -0.122. The van der Waals surface area contributed by atoms with Crippen molar-refractivity contribution in [2.45, 2.75) is 43.5 Å². The van der Waals surface area contributed by atoms with Crippen molar-refractivity contribution in [1.29, 1.82) is 0 Å². The summed E-state index contributed by atoms with van der Waals surface area (Å²) in [5.41, 5.74) is 0.890. The molecule has 33 heavy (non-hydrogen) atoms. The maximum absolute atomic E-state index is 12.7. The van der Waals surface area contributed by atoms with Crippen LogP contribution in [0.4, 0.5) is 0 Å². The van der Waals surface area contributed by atoms with Gasteiger partial charge in [-0.2, -0.15) is 4.31 Å². The van der Waals surface area contributed by atoms with E-state index in [4.69, 9.17) is 4.74 Å². The van der Waals surface area contributed by atoms with Gasteiger partial charge in [0.05, 0.1) is 24.7 Å². The van der Waals surface area contributed by atoms with E-state index in [-0.39, 0.29) is 10.8 Å². The fourth-order valence-electron chi connectivity index (χ4n) is 5.04. The number of carbonyl (C=O) groups excluding carboxylic acids is 1. The monoisotopic (exact) mass is 478 g/mol. The molecule has 184 valence electrons. The van der Waals surface area contributed by atoms with E-state index in [9.17, 15) is 13.2 Å². The van der Waals surface area contributed by atoms with E-state index in [1.54, 1.807) is 24.3 Å². The normalized spacial score (nSPS) is 22.3. The Morgan fingerprint density at radius 1 is 0.909 bits per heavy atom. The number of morpholine rings is 1. The fourth-order valence-corrected chi connectivity index (χ4v) is 6.45. The summed E-state index contributed by atoms with van der Waals surface area (Å²) < 4.78 is 32.1. The van der Waals surface area contributed by atoms with E-state index in [1.807, 2.05) is 0 Å². The fraction of sp³-hybridized carbons (Fsp3) is 0.708. The van der Waals surface area contributed by atoms with Gasteiger partial charge in [-0.15, -0.1) is 0 Å². The average Bonchev–Trinajstić information content (AvgIpc) is 2.85.